The molecule has 0 aliphatic heterocycles. The fourth-order valence-electron chi connectivity index (χ4n) is 2.01. The number of hydrogen-bond acceptors (Lipinski definition) is 6. The molecule has 3 rings (SSSR count). The predicted octanol–water partition coefficient (Wildman–Crippen LogP) is 3.93. The minimum atomic E-state index is -0.841. The average Bonchev–Trinajstić information content (AvgIpc) is 3.20. The molecular weight excluding hydrogens is 320 g/mol. The summed E-state index contributed by atoms with van der Waals surface area (Å²) < 4.78 is 0. The summed E-state index contributed by atoms with van der Waals surface area (Å²) in [6.07, 6.45) is 0. The molecule has 0 radical (unpaired) electrons. The standard InChI is InChI=1S/C15H16N2OS3/c1-15(18,12-3-5-20-8-12)10-16-6-13-9-21-14(17-13)11-2-4-19-7-11/h2-5,7-9,16,18H,6,10H2,1H3. The number of aromatic nitrogens is 1. The molecule has 21 heavy (non-hydrogen) atoms. The molecule has 0 saturated heterocycles. The zero-order chi connectivity index (χ0) is 14.7. The van der Waals surface area contributed by atoms with Crippen LogP contribution in [0.5, 0.6) is 0 Å². The van der Waals surface area contributed by atoms with Crippen LogP contribution >= 0.6 is 34.0 Å². The number of thiazole rings is 1. The van der Waals surface area contributed by atoms with Crippen LogP contribution in [0.25, 0.3) is 10.6 Å². The summed E-state index contributed by atoms with van der Waals surface area (Å²) in [5.74, 6) is 0. The SMILES string of the molecule is CC(O)(CNCc1csc(-c2ccsc2)n1)c1ccsc1. The van der Waals surface area contributed by atoms with E-state index < -0.39 is 5.60 Å². The Hall–Kier alpha value is -1.05. The van der Waals surface area contributed by atoms with E-state index in [2.05, 4.69) is 32.5 Å². The number of nitrogens with one attached hydrogen (secondary N) is 1. The number of aliphatic hydroxyl groups is 1. The van der Waals surface area contributed by atoms with Gasteiger partial charge in [-0.2, -0.15) is 22.7 Å². The molecule has 3 aromatic rings. The third-order valence-electron chi connectivity index (χ3n) is 3.24. The maximum absolute atomic E-state index is 10.4. The molecule has 110 valence electrons. The lowest BCUT2D eigenvalue weighted by molar-refractivity contribution is 0.0570. The van der Waals surface area contributed by atoms with Crippen LogP contribution in [0.15, 0.2) is 39.0 Å². The highest BCUT2D eigenvalue weighted by Gasteiger charge is 2.22. The van der Waals surface area contributed by atoms with Crippen LogP contribution in [0, 0.1) is 0 Å². The van der Waals surface area contributed by atoms with Gasteiger partial charge in [0.1, 0.15) is 5.01 Å². The average molecular weight is 337 g/mol. The van der Waals surface area contributed by atoms with Gasteiger partial charge in [-0.3, -0.25) is 0 Å². The Morgan fingerprint density at radius 2 is 2.00 bits per heavy atom. The van der Waals surface area contributed by atoms with E-state index in [9.17, 15) is 5.11 Å². The maximum Gasteiger partial charge on any atom is 0.124 e. The number of thiophene rings is 2. The Kier molecular flexibility index (Phi) is 4.51. The number of nitrogens with zero attached hydrogens (tertiary/aromatic N) is 1. The third-order valence-corrected chi connectivity index (χ3v) is 5.54. The van der Waals surface area contributed by atoms with Gasteiger partial charge in [0.2, 0.25) is 0 Å². The molecule has 0 amide bonds. The summed E-state index contributed by atoms with van der Waals surface area (Å²) >= 11 is 4.94. The van der Waals surface area contributed by atoms with E-state index in [4.69, 9.17) is 0 Å². The molecular formula is C15H16N2OS3. The van der Waals surface area contributed by atoms with Gasteiger partial charge in [-0.1, -0.05) is 0 Å². The van der Waals surface area contributed by atoms with Crippen molar-refractivity contribution >= 4 is 34.0 Å². The molecule has 0 spiro atoms. The van der Waals surface area contributed by atoms with Crippen molar-refractivity contribution < 1.29 is 5.11 Å². The molecule has 0 aromatic carbocycles. The molecule has 1 atom stereocenters. The first-order valence-corrected chi connectivity index (χ1v) is 9.34. The zero-order valence-electron chi connectivity index (χ0n) is 11.6. The summed E-state index contributed by atoms with van der Waals surface area (Å²) in [4.78, 5) is 4.62. The first-order chi connectivity index (χ1) is 10.1. The quantitative estimate of drug-likeness (QED) is 0.717. The monoisotopic (exact) mass is 336 g/mol. The van der Waals surface area contributed by atoms with Crippen LogP contribution < -0.4 is 5.32 Å². The second-order valence-electron chi connectivity index (χ2n) is 5.05. The fourth-order valence-corrected chi connectivity index (χ4v) is 4.33. The highest BCUT2D eigenvalue weighted by Crippen LogP contribution is 2.26. The lowest BCUT2D eigenvalue weighted by Crippen LogP contribution is -2.34. The van der Waals surface area contributed by atoms with Gasteiger partial charge in [-0.05, 0) is 40.8 Å². The van der Waals surface area contributed by atoms with Crippen LogP contribution in [0.3, 0.4) is 0 Å². The van der Waals surface area contributed by atoms with Crippen molar-refractivity contribution in [3.63, 3.8) is 0 Å². The van der Waals surface area contributed by atoms with Crippen LogP contribution in [0.1, 0.15) is 18.2 Å². The highest BCUT2D eigenvalue weighted by atomic mass is 32.1. The topological polar surface area (TPSA) is 45.1 Å². The summed E-state index contributed by atoms with van der Waals surface area (Å²) in [6, 6.07) is 4.05. The summed E-state index contributed by atoms with van der Waals surface area (Å²) in [5.41, 5.74) is 2.31. The van der Waals surface area contributed by atoms with E-state index >= 15 is 0 Å². The van der Waals surface area contributed by atoms with Gasteiger partial charge in [0.15, 0.2) is 0 Å². The van der Waals surface area contributed by atoms with E-state index in [1.54, 1.807) is 34.0 Å². The molecule has 3 nitrogen and oxygen atoms in total. The Morgan fingerprint density at radius 3 is 2.71 bits per heavy atom. The number of hydrogen-bond donors (Lipinski definition) is 2. The highest BCUT2D eigenvalue weighted by molar-refractivity contribution is 7.14. The van der Waals surface area contributed by atoms with Gasteiger partial charge < -0.3 is 10.4 Å². The largest absolute Gasteiger partial charge is 0.384 e. The normalized spacial score (nSPS) is 14.2. The molecule has 0 aliphatic rings. The van der Waals surface area contributed by atoms with Gasteiger partial charge in [0, 0.05) is 29.4 Å². The molecule has 3 heterocycles. The van der Waals surface area contributed by atoms with E-state index in [-0.39, 0.29) is 0 Å². The van der Waals surface area contributed by atoms with Crippen molar-refractivity contribution in [1.82, 2.24) is 10.3 Å². The van der Waals surface area contributed by atoms with Crippen LogP contribution in [0.4, 0.5) is 0 Å². The van der Waals surface area contributed by atoms with Crippen molar-refractivity contribution in [2.45, 2.75) is 19.1 Å². The van der Waals surface area contributed by atoms with E-state index in [0.29, 0.717) is 13.1 Å². The predicted molar refractivity (Wildman–Crippen MR) is 91.0 cm³/mol. The third kappa shape index (κ3) is 3.59. The smallest absolute Gasteiger partial charge is 0.124 e. The van der Waals surface area contributed by atoms with E-state index in [1.165, 1.54) is 5.56 Å². The van der Waals surface area contributed by atoms with Crippen LogP contribution in [-0.2, 0) is 12.1 Å². The molecule has 3 aromatic heterocycles. The van der Waals surface area contributed by atoms with Crippen molar-refractivity contribution in [2.75, 3.05) is 6.54 Å². The maximum atomic E-state index is 10.4. The zero-order valence-corrected chi connectivity index (χ0v) is 14.0. The Bertz CT molecular complexity index is 672. The lowest BCUT2D eigenvalue weighted by Gasteiger charge is -2.22. The molecule has 0 saturated carbocycles. The Balaban J connectivity index is 1.56. The summed E-state index contributed by atoms with van der Waals surface area (Å²) in [6.45, 7) is 3.01. The van der Waals surface area contributed by atoms with Crippen molar-refractivity contribution in [3.05, 3.63) is 50.3 Å². The molecule has 0 aliphatic carbocycles. The molecule has 0 bridgehead atoms. The molecule has 1 unspecified atom stereocenters. The second kappa shape index (κ2) is 6.37. The van der Waals surface area contributed by atoms with E-state index in [1.807, 2.05) is 23.8 Å². The summed E-state index contributed by atoms with van der Waals surface area (Å²) in [5, 5.41) is 25.0. The Morgan fingerprint density at radius 1 is 1.19 bits per heavy atom. The molecule has 2 N–H and O–H groups in total. The van der Waals surface area contributed by atoms with Gasteiger partial charge in [-0.25, -0.2) is 4.98 Å². The first-order valence-electron chi connectivity index (χ1n) is 6.58. The van der Waals surface area contributed by atoms with Crippen molar-refractivity contribution in [1.29, 1.82) is 0 Å². The van der Waals surface area contributed by atoms with E-state index in [0.717, 1.165) is 16.3 Å². The fraction of sp³-hybridized carbons (Fsp3) is 0.267. The Labute approximate surface area is 135 Å². The van der Waals surface area contributed by atoms with Crippen molar-refractivity contribution in [3.8, 4) is 10.6 Å². The van der Waals surface area contributed by atoms with Crippen LogP contribution in [-0.4, -0.2) is 16.6 Å². The first kappa shape index (κ1) is 14.9. The molecule has 0 fully saturated rings. The second-order valence-corrected chi connectivity index (χ2v) is 7.46. The number of rotatable bonds is 6. The minimum Gasteiger partial charge on any atom is -0.384 e. The molecule has 6 heteroatoms. The lowest BCUT2D eigenvalue weighted by atomic mass is 9.99. The van der Waals surface area contributed by atoms with Crippen molar-refractivity contribution in [2.24, 2.45) is 0 Å². The van der Waals surface area contributed by atoms with Gasteiger partial charge in [0.05, 0.1) is 11.3 Å². The summed E-state index contributed by atoms with van der Waals surface area (Å²) in [7, 11) is 0. The van der Waals surface area contributed by atoms with Crippen LogP contribution in [0.2, 0.25) is 0 Å². The minimum absolute atomic E-state index is 0.509. The van der Waals surface area contributed by atoms with Gasteiger partial charge >= 0.3 is 0 Å². The van der Waals surface area contributed by atoms with Gasteiger partial charge in [-0.15, -0.1) is 11.3 Å². The van der Waals surface area contributed by atoms with Gasteiger partial charge in [0.25, 0.3) is 0 Å².